The molecule has 10 nitrogen and oxygen atoms in total. The maximum absolute atomic E-state index is 13.4. The Hall–Kier alpha value is -4.28. The maximum Gasteiger partial charge on any atom is 0.259 e. The Balaban J connectivity index is 1.64. The van der Waals surface area contributed by atoms with Gasteiger partial charge in [-0.2, -0.15) is 0 Å². The first-order chi connectivity index (χ1) is 17.7. The van der Waals surface area contributed by atoms with Crippen molar-refractivity contribution < 1.29 is 9.53 Å². The van der Waals surface area contributed by atoms with E-state index in [0.29, 0.717) is 27.5 Å². The first-order valence-electron chi connectivity index (χ1n) is 11.5. The van der Waals surface area contributed by atoms with Crippen LogP contribution < -0.4 is 21.3 Å². The second kappa shape index (κ2) is 8.99. The van der Waals surface area contributed by atoms with Gasteiger partial charge >= 0.3 is 0 Å². The van der Waals surface area contributed by atoms with Crippen LogP contribution in [0.5, 0.6) is 5.88 Å². The number of aromatic nitrogens is 5. The highest BCUT2D eigenvalue weighted by molar-refractivity contribution is 6.30. The van der Waals surface area contributed by atoms with Gasteiger partial charge in [-0.1, -0.05) is 42.5 Å². The van der Waals surface area contributed by atoms with Gasteiger partial charge in [0.05, 0.1) is 5.56 Å². The van der Waals surface area contributed by atoms with Crippen LogP contribution in [-0.2, 0) is 10.2 Å². The van der Waals surface area contributed by atoms with Gasteiger partial charge in [0.2, 0.25) is 5.65 Å². The lowest BCUT2D eigenvalue weighted by Gasteiger charge is -2.24. The molecule has 1 aliphatic heterocycles. The number of fused-ring (bicyclic) bond motifs is 2. The zero-order chi connectivity index (χ0) is 26.5. The Labute approximate surface area is 218 Å². The molecule has 0 radical (unpaired) electrons. The summed E-state index contributed by atoms with van der Waals surface area (Å²) in [6, 6.07) is 6.94. The highest BCUT2D eigenvalue weighted by Crippen LogP contribution is 2.47. The molecule has 1 aromatic carbocycles. The van der Waals surface area contributed by atoms with Crippen molar-refractivity contribution in [3.63, 3.8) is 0 Å². The highest BCUT2D eigenvalue weighted by Gasteiger charge is 2.51. The predicted molar refractivity (Wildman–Crippen MR) is 142 cm³/mol. The van der Waals surface area contributed by atoms with E-state index in [-0.39, 0.29) is 35.4 Å². The number of carbonyl (C=O) groups excluding carboxylic acids is 1. The lowest BCUT2D eigenvalue weighted by atomic mass is 9.78. The summed E-state index contributed by atoms with van der Waals surface area (Å²) in [6.07, 6.45) is 8.42. The van der Waals surface area contributed by atoms with E-state index < -0.39 is 5.41 Å². The minimum atomic E-state index is -1.18. The van der Waals surface area contributed by atoms with E-state index in [4.69, 9.17) is 27.9 Å². The van der Waals surface area contributed by atoms with Crippen molar-refractivity contribution in [3.8, 4) is 17.4 Å². The quantitative estimate of drug-likeness (QED) is 0.224. The number of nitrogens with zero attached hydrogens (tertiary/aromatic N) is 6. The number of hydrogen-bond donors (Lipinski definition) is 2. The maximum atomic E-state index is 13.4. The van der Waals surface area contributed by atoms with Crippen LogP contribution in [0.15, 0.2) is 67.2 Å². The number of carbonyl (C=O) groups is 1. The number of ether oxygens (including phenoxy) is 1. The molecule has 0 bridgehead atoms. The molecule has 3 aromatic heterocycles. The summed E-state index contributed by atoms with van der Waals surface area (Å²) in [5.41, 5.74) is 8.15. The number of rotatable bonds is 6. The zero-order valence-electron chi connectivity index (χ0n) is 20.5. The minimum Gasteiger partial charge on any atom is -0.467 e. The predicted octanol–water partition coefficient (Wildman–Crippen LogP) is 3.85. The number of allylic oxidation sites excluding steroid dienone is 1. The van der Waals surface area contributed by atoms with E-state index in [1.54, 1.807) is 60.3 Å². The monoisotopic (exact) mass is 516 g/mol. The molecule has 2 atom stereocenters. The molecule has 1 unspecified atom stereocenters. The van der Waals surface area contributed by atoms with Crippen LogP contribution >= 0.6 is 11.6 Å². The van der Waals surface area contributed by atoms with Gasteiger partial charge in [0, 0.05) is 23.6 Å². The van der Waals surface area contributed by atoms with Crippen molar-refractivity contribution in [2.45, 2.75) is 32.3 Å². The van der Waals surface area contributed by atoms with Gasteiger partial charge in [0.1, 0.15) is 23.0 Å². The van der Waals surface area contributed by atoms with Crippen LogP contribution in [0, 0.1) is 0 Å². The van der Waals surface area contributed by atoms with Crippen molar-refractivity contribution >= 4 is 34.8 Å². The number of anilines is 2. The number of benzene rings is 1. The molecule has 4 N–H and O–H groups in total. The molecule has 0 saturated heterocycles. The van der Waals surface area contributed by atoms with Gasteiger partial charge in [0.25, 0.3) is 11.8 Å². The lowest BCUT2D eigenvalue weighted by molar-refractivity contribution is -0.121. The van der Waals surface area contributed by atoms with Crippen molar-refractivity contribution in [2.24, 2.45) is 5.84 Å². The normalized spacial score (nSPS) is 18.2. The third-order valence-electron chi connectivity index (χ3n) is 6.61. The van der Waals surface area contributed by atoms with Crippen LogP contribution in [0.3, 0.4) is 0 Å². The number of nitrogen functional groups attached to an aromatic ring is 1. The molecular weight excluding hydrogens is 492 g/mol. The molecule has 1 amide bonds. The fraction of sp³-hybridized carbons (Fsp3) is 0.192. The lowest BCUT2D eigenvalue weighted by Crippen LogP contribution is -2.43. The summed E-state index contributed by atoms with van der Waals surface area (Å²) in [4.78, 5) is 31.5. The molecular formula is C26H25ClN8O2. The largest absolute Gasteiger partial charge is 0.467 e. The Bertz CT molecular complexity index is 1580. The van der Waals surface area contributed by atoms with E-state index in [1.807, 2.05) is 19.9 Å². The van der Waals surface area contributed by atoms with Gasteiger partial charge in [-0.3, -0.25) is 4.79 Å². The molecule has 1 aliphatic rings. The fourth-order valence-electron chi connectivity index (χ4n) is 4.57. The van der Waals surface area contributed by atoms with Crippen molar-refractivity contribution in [2.75, 3.05) is 10.7 Å². The first-order valence-corrected chi connectivity index (χ1v) is 11.9. The van der Waals surface area contributed by atoms with E-state index in [1.165, 1.54) is 0 Å². The summed E-state index contributed by atoms with van der Waals surface area (Å²) >= 11 is 6.06. The van der Waals surface area contributed by atoms with Gasteiger partial charge in [-0.15, -0.1) is 0 Å². The fourth-order valence-corrected chi connectivity index (χ4v) is 4.70. The van der Waals surface area contributed by atoms with Gasteiger partial charge < -0.3 is 14.9 Å². The Morgan fingerprint density at radius 3 is 2.65 bits per heavy atom. The number of hydrazine groups is 1. The van der Waals surface area contributed by atoms with Crippen molar-refractivity contribution in [1.29, 1.82) is 0 Å². The number of hydrogen-bond acceptors (Lipinski definition) is 8. The molecule has 0 saturated carbocycles. The third kappa shape index (κ3) is 3.81. The molecule has 4 aromatic rings. The first kappa shape index (κ1) is 24.4. The summed E-state index contributed by atoms with van der Waals surface area (Å²) in [6.45, 7) is 9.37. The van der Waals surface area contributed by atoms with Crippen LogP contribution in [0.25, 0.3) is 17.2 Å². The molecule has 0 spiro atoms. The van der Waals surface area contributed by atoms with E-state index in [9.17, 15) is 4.79 Å². The van der Waals surface area contributed by atoms with Crippen molar-refractivity contribution in [3.05, 3.63) is 83.3 Å². The third-order valence-corrected chi connectivity index (χ3v) is 6.87. The van der Waals surface area contributed by atoms with E-state index in [0.717, 1.165) is 10.6 Å². The molecule has 0 aliphatic carbocycles. The molecule has 188 valence electrons. The van der Waals surface area contributed by atoms with Gasteiger partial charge in [-0.05, 0) is 44.0 Å². The van der Waals surface area contributed by atoms with Crippen LogP contribution in [-0.4, -0.2) is 36.3 Å². The number of nitrogens with two attached hydrogens (primary N) is 2. The Morgan fingerprint density at radius 1 is 1.24 bits per heavy atom. The topological polar surface area (TPSA) is 138 Å². The minimum absolute atomic E-state index is 0.116. The van der Waals surface area contributed by atoms with Crippen LogP contribution in [0.4, 0.5) is 11.6 Å². The molecule has 11 heteroatoms. The van der Waals surface area contributed by atoms with E-state index >= 15 is 0 Å². The SMILES string of the molecule is C=C/C(=C\C)[C@H](C)Oc1nc(-c2nc(N)c3c(n2)N(N)C(=O)C3(C)c2ccc(Cl)cc2)cn2ccnc12. The zero-order valence-corrected chi connectivity index (χ0v) is 21.3. The van der Waals surface area contributed by atoms with Gasteiger partial charge in [0.15, 0.2) is 11.6 Å². The average Bonchev–Trinajstić information content (AvgIpc) is 3.43. The second-order valence-corrected chi connectivity index (χ2v) is 9.22. The average molecular weight is 517 g/mol. The van der Waals surface area contributed by atoms with Gasteiger partial charge in [-0.25, -0.2) is 30.8 Å². The van der Waals surface area contributed by atoms with E-state index in [2.05, 4.69) is 26.5 Å². The van der Waals surface area contributed by atoms with Crippen molar-refractivity contribution in [1.82, 2.24) is 24.3 Å². The number of halogens is 1. The summed E-state index contributed by atoms with van der Waals surface area (Å²) in [7, 11) is 0. The number of imidazole rings is 1. The summed E-state index contributed by atoms with van der Waals surface area (Å²) in [5.74, 6) is 6.62. The Kier molecular flexibility index (Phi) is 5.93. The molecule has 37 heavy (non-hydrogen) atoms. The molecule has 0 fully saturated rings. The standard InChI is InChI=1S/C26H25ClN8O2/c1-5-15(6-2)14(3)37-24-23-30-11-12-34(23)13-18(31-24)21-32-20(28)19-22(33-21)35(29)25(36)26(19,4)16-7-9-17(27)10-8-16/h5-14H,1,29H2,2-4H3,(H2,28,32,33)/b15-6+/t14-,26?/m0/s1. The molecule has 5 rings (SSSR count). The molecule has 4 heterocycles. The Morgan fingerprint density at radius 2 is 1.97 bits per heavy atom. The van der Waals surface area contributed by atoms with Crippen LogP contribution in [0.2, 0.25) is 5.02 Å². The smallest absolute Gasteiger partial charge is 0.259 e. The highest BCUT2D eigenvalue weighted by atomic mass is 35.5. The summed E-state index contributed by atoms with van der Waals surface area (Å²) < 4.78 is 7.89. The summed E-state index contributed by atoms with van der Waals surface area (Å²) in [5, 5.41) is 1.55. The second-order valence-electron chi connectivity index (χ2n) is 8.78. The van der Waals surface area contributed by atoms with Crippen LogP contribution in [0.1, 0.15) is 31.9 Å². The number of amides is 1.